The molecule has 1 amide bonds. The number of hydrogen-bond acceptors (Lipinski definition) is 5. The molecule has 0 radical (unpaired) electrons. The first-order chi connectivity index (χ1) is 9.28. The van der Waals surface area contributed by atoms with Crippen molar-refractivity contribution in [3.05, 3.63) is 30.6 Å². The predicted molar refractivity (Wildman–Crippen MR) is 71.9 cm³/mol. The molecular weight excluding hydrogens is 264 g/mol. The van der Waals surface area contributed by atoms with Gasteiger partial charge in [-0.25, -0.2) is 4.98 Å². The minimum atomic E-state index is -0.0929. The first kappa shape index (κ1) is 13.6. The maximum atomic E-state index is 11.5. The lowest BCUT2D eigenvalue weighted by molar-refractivity contribution is -0.116. The second-order valence-electron chi connectivity index (χ2n) is 3.79. The summed E-state index contributed by atoms with van der Waals surface area (Å²) >= 11 is 1.46. The van der Waals surface area contributed by atoms with Crippen LogP contribution in [0.25, 0.3) is 0 Å². The number of nitrogens with one attached hydrogen (secondary N) is 2. The molecule has 0 aliphatic heterocycles. The van der Waals surface area contributed by atoms with Crippen LogP contribution in [0.4, 0.5) is 5.69 Å². The fourth-order valence-corrected chi connectivity index (χ4v) is 2.12. The Morgan fingerprint density at radius 1 is 1.37 bits per heavy atom. The van der Waals surface area contributed by atoms with Gasteiger partial charge in [-0.1, -0.05) is 11.8 Å². The van der Waals surface area contributed by atoms with E-state index in [2.05, 4.69) is 20.5 Å². The number of aromatic amines is 1. The van der Waals surface area contributed by atoms with Gasteiger partial charge >= 0.3 is 0 Å². The van der Waals surface area contributed by atoms with Crippen molar-refractivity contribution in [2.75, 3.05) is 11.9 Å². The molecule has 2 aromatic rings. The van der Waals surface area contributed by atoms with Crippen molar-refractivity contribution in [2.45, 2.75) is 22.9 Å². The van der Waals surface area contributed by atoms with Gasteiger partial charge in [0.15, 0.2) is 5.16 Å². The number of carbonyl (C=O) groups excluding carboxylic acids is 1. The number of aromatic nitrogens is 3. The van der Waals surface area contributed by atoms with Crippen molar-refractivity contribution in [1.29, 1.82) is 0 Å². The van der Waals surface area contributed by atoms with Crippen molar-refractivity contribution in [2.24, 2.45) is 0 Å². The monoisotopic (exact) mass is 278 g/mol. The van der Waals surface area contributed by atoms with Crippen LogP contribution in [0.3, 0.4) is 0 Å². The Bertz CT molecular complexity index is 513. The molecule has 0 unspecified atom stereocenters. The highest BCUT2D eigenvalue weighted by molar-refractivity contribution is 7.99. The van der Waals surface area contributed by atoms with Crippen LogP contribution < -0.4 is 5.32 Å². The third kappa shape index (κ3) is 4.38. The molecule has 0 saturated heterocycles. The van der Waals surface area contributed by atoms with Crippen molar-refractivity contribution in [3.63, 3.8) is 0 Å². The Kier molecular flexibility index (Phi) is 4.93. The van der Waals surface area contributed by atoms with Gasteiger partial charge in [0.2, 0.25) is 5.91 Å². The number of anilines is 1. The van der Waals surface area contributed by atoms with E-state index in [1.807, 2.05) is 24.3 Å². The number of rotatable bonds is 6. The smallest absolute Gasteiger partial charge is 0.224 e. The highest BCUT2D eigenvalue weighted by atomic mass is 32.2. The quantitative estimate of drug-likeness (QED) is 0.747. The van der Waals surface area contributed by atoms with Gasteiger partial charge in [-0.3, -0.25) is 9.89 Å². The van der Waals surface area contributed by atoms with Crippen molar-refractivity contribution >= 4 is 23.4 Å². The zero-order valence-electron chi connectivity index (χ0n) is 10.2. The SMILES string of the molecule is O=C(CCCO)Nc1ccc(Sc2ncn[nH]2)cc1. The number of amides is 1. The number of carbonyl (C=O) groups is 1. The lowest BCUT2D eigenvalue weighted by Crippen LogP contribution is -2.11. The van der Waals surface area contributed by atoms with Crippen LogP contribution in [0.2, 0.25) is 0 Å². The average molecular weight is 278 g/mol. The van der Waals surface area contributed by atoms with E-state index in [0.717, 1.165) is 15.7 Å². The average Bonchev–Trinajstić information content (AvgIpc) is 2.91. The first-order valence-electron chi connectivity index (χ1n) is 5.82. The number of hydrogen-bond donors (Lipinski definition) is 3. The van der Waals surface area contributed by atoms with Crippen LogP contribution in [0.15, 0.2) is 40.6 Å². The topological polar surface area (TPSA) is 90.9 Å². The van der Waals surface area contributed by atoms with E-state index in [-0.39, 0.29) is 12.5 Å². The van der Waals surface area contributed by atoms with Crippen molar-refractivity contribution in [3.8, 4) is 0 Å². The van der Waals surface area contributed by atoms with Crippen LogP contribution in [-0.4, -0.2) is 32.8 Å². The highest BCUT2D eigenvalue weighted by Gasteiger charge is 2.03. The van der Waals surface area contributed by atoms with Gasteiger partial charge in [-0.2, -0.15) is 5.10 Å². The molecule has 3 N–H and O–H groups in total. The zero-order chi connectivity index (χ0) is 13.5. The van der Waals surface area contributed by atoms with E-state index in [9.17, 15) is 4.79 Å². The molecule has 100 valence electrons. The van der Waals surface area contributed by atoms with E-state index >= 15 is 0 Å². The number of H-pyrrole nitrogens is 1. The van der Waals surface area contributed by atoms with Gasteiger partial charge in [0.05, 0.1) is 0 Å². The summed E-state index contributed by atoms with van der Waals surface area (Å²) in [6.45, 7) is 0.0280. The zero-order valence-corrected chi connectivity index (χ0v) is 11.0. The molecule has 2 rings (SSSR count). The summed E-state index contributed by atoms with van der Waals surface area (Å²) in [5, 5.41) is 18.7. The summed E-state index contributed by atoms with van der Waals surface area (Å²) in [7, 11) is 0. The van der Waals surface area contributed by atoms with E-state index < -0.39 is 0 Å². The summed E-state index contributed by atoms with van der Waals surface area (Å²) in [4.78, 5) is 16.5. The normalized spacial score (nSPS) is 10.4. The van der Waals surface area contributed by atoms with E-state index in [1.165, 1.54) is 18.1 Å². The fourth-order valence-electron chi connectivity index (χ4n) is 1.42. The van der Waals surface area contributed by atoms with Crippen molar-refractivity contribution in [1.82, 2.24) is 15.2 Å². The summed E-state index contributed by atoms with van der Waals surface area (Å²) in [5.41, 5.74) is 0.741. The minimum absolute atomic E-state index is 0.0280. The third-order valence-electron chi connectivity index (χ3n) is 2.31. The van der Waals surface area contributed by atoms with Gasteiger partial charge in [-0.05, 0) is 30.7 Å². The maximum Gasteiger partial charge on any atom is 0.224 e. The predicted octanol–water partition coefficient (Wildman–Crippen LogP) is 1.67. The van der Waals surface area contributed by atoms with Crippen LogP contribution in [0.5, 0.6) is 0 Å². The van der Waals surface area contributed by atoms with Gasteiger partial charge in [-0.15, -0.1) is 0 Å². The van der Waals surface area contributed by atoms with E-state index in [4.69, 9.17) is 5.11 Å². The molecule has 7 heteroatoms. The first-order valence-corrected chi connectivity index (χ1v) is 6.63. The molecule has 0 fully saturated rings. The summed E-state index contributed by atoms with van der Waals surface area (Å²) < 4.78 is 0. The van der Waals surface area contributed by atoms with Crippen molar-refractivity contribution < 1.29 is 9.90 Å². The molecule has 19 heavy (non-hydrogen) atoms. The molecule has 0 bridgehead atoms. The Morgan fingerprint density at radius 3 is 2.79 bits per heavy atom. The molecule has 0 spiro atoms. The standard InChI is InChI=1S/C12H14N4O2S/c17-7-1-2-11(18)15-9-3-5-10(6-4-9)19-12-13-8-14-16-12/h3-6,8,17H,1-2,7H2,(H,15,18)(H,13,14,16). The minimum Gasteiger partial charge on any atom is -0.396 e. The highest BCUT2D eigenvalue weighted by Crippen LogP contribution is 2.25. The molecule has 0 atom stereocenters. The number of aliphatic hydroxyl groups excluding tert-OH is 1. The number of aliphatic hydroxyl groups is 1. The largest absolute Gasteiger partial charge is 0.396 e. The van der Waals surface area contributed by atoms with Crippen LogP contribution in [0.1, 0.15) is 12.8 Å². The maximum absolute atomic E-state index is 11.5. The lowest BCUT2D eigenvalue weighted by atomic mass is 10.3. The van der Waals surface area contributed by atoms with Crippen LogP contribution in [0, 0.1) is 0 Å². The lowest BCUT2D eigenvalue weighted by Gasteiger charge is -2.05. The summed E-state index contributed by atoms with van der Waals surface area (Å²) in [6, 6.07) is 7.45. The molecule has 1 aromatic carbocycles. The van der Waals surface area contributed by atoms with E-state index in [0.29, 0.717) is 12.8 Å². The Hall–Kier alpha value is -1.86. The molecule has 0 aliphatic rings. The second kappa shape index (κ2) is 6.91. The fraction of sp³-hybridized carbons (Fsp3) is 0.250. The van der Waals surface area contributed by atoms with Gasteiger partial charge < -0.3 is 10.4 Å². The third-order valence-corrected chi connectivity index (χ3v) is 3.21. The number of benzene rings is 1. The molecule has 1 aromatic heterocycles. The summed E-state index contributed by atoms with van der Waals surface area (Å²) in [6.07, 6.45) is 2.26. The van der Waals surface area contributed by atoms with Gasteiger partial charge in [0.1, 0.15) is 6.33 Å². The molecule has 0 aliphatic carbocycles. The van der Waals surface area contributed by atoms with Crippen LogP contribution >= 0.6 is 11.8 Å². The number of nitrogens with zero attached hydrogens (tertiary/aromatic N) is 2. The van der Waals surface area contributed by atoms with Gasteiger partial charge in [0, 0.05) is 23.6 Å². The molecular formula is C12H14N4O2S. The summed E-state index contributed by atoms with van der Waals surface area (Å²) in [5.74, 6) is -0.0929. The molecule has 1 heterocycles. The van der Waals surface area contributed by atoms with Gasteiger partial charge in [0.25, 0.3) is 0 Å². The second-order valence-corrected chi connectivity index (χ2v) is 4.85. The van der Waals surface area contributed by atoms with E-state index in [1.54, 1.807) is 0 Å². The van der Waals surface area contributed by atoms with Crippen LogP contribution in [-0.2, 0) is 4.79 Å². The molecule has 6 nitrogen and oxygen atoms in total. The Balaban J connectivity index is 1.89. The molecule has 0 saturated carbocycles. The Labute approximate surface area is 114 Å². The Morgan fingerprint density at radius 2 is 2.16 bits per heavy atom.